The summed E-state index contributed by atoms with van der Waals surface area (Å²) >= 11 is 3.54. The van der Waals surface area contributed by atoms with Gasteiger partial charge in [-0.1, -0.05) is 40.2 Å². The van der Waals surface area contributed by atoms with Gasteiger partial charge in [-0.15, -0.1) is 0 Å². The average Bonchev–Trinajstić information content (AvgIpc) is 3.05. The highest BCUT2D eigenvalue weighted by Gasteiger charge is 2.17. The molecule has 2 aromatic heterocycles. The van der Waals surface area contributed by atoms with Crippen molar-refractivity contribution < 1.29 is 9.53 Å². The lowest BCUT2D eigenvalue weighted by Crippen LogP contribution is -2.19. The van der Waals surface area contributed by atoms with Crippen LogP contribution in [0.25, 0.3) is 33.1 Å². The molecular weight excluding hydrogens is 456 g/mol. The summed E-state index contributed by atoms with van der Waals surface area (Å²) in [6, 6.07) is 21.1. The zero-order valence-electron chi connectivity index (χ0n) is 16.8. The quantitative estimate of drug-likeness (QED) is 0.363. The summed E-state index contributed by atoms with van der Waals surface area (Å²) in [5.41, 5.74) is 4.62. The number of benzene rings is 3. The Hall–Kier alpha value is -3.45. The van der Waals surface area contributed by atoms with Crippen LogP contribution in [-0.2, 0) is 11.3 Å². The van der Waals surface area contributed by atoms with Gasteiger partial charge in [0.25, 0.3) is 0 Å². The second-order valence-electron chi connectivity index (χ2n) is 7.11. The van der Waals surface area contributed by atoms with Crippen LogP contribution in [0, 0.1) is 0 Å². The predicted octanol–water partition coefficient (Wildman–Crippen LogP) is 5.54. The highest BCUT2D eigenvalue weighted by molar-refractivity contribution is 9.10. The van der Waals surface area contributed by atoms with Crippen molar-refractivity contribution in [1.29, 1.82) is 0 Å². The van der Waals surface area contributed by atoms with Gasteiger partial charge in [0.05, 0.1) is 28.8 Å². The molecule has 31 heavy (non-hydrogen) atoms. The first-order chi connectivity index (χ1) is 15.1. The van der Waals surface area contributed by atoms with Gasteiger partial charge in [0.2, 0.25) is 5.91 Å². The van der Waals surface area contributed by atoms with Gasteiger partial charge in [-0.05, 0) is 49.4 Å². The minimum absolute atomic E-state index is 0.106. The van der Waals surface area contributed by atoms with Crippen molar-refractivity contribution in [3.8, 4) is 5.75 Å². The van der Waals surface area contributed by atoms with Gasteiger partial charge >= 0.3 is 0 Å². The zero-order valence-corrected chi connectivity index (χ0v) is 18.4. The Morgan fingerprint density at radius 2 is 1.77 bits per heavy atom. The van der Waals surface area contributed by atoms with Crippen LogP contribution >= 0.6 is 15.9 Å². The summed E-state index contributed by atoms with van der Waals surface area (Å²) in [6.45, 7) is 2.55. The highest BCUT2D eigenvalue weighted by atomic mass is 79.9. The smallest absolute Gasteiger partial charge is 0.244 e. The van der Waals surface area contributed by atoms with Gasteiger partial charge in [-0.2, -0.15) is 0 Å². The molecule has 0 fully saturated rings. The Morgan fingerprint density at radius 3 is 2.58 bits per heavy atom. The summed E-state index contributed by atoms with van der Waals surface area (Å²) in [5, 5.41) is 3.92. The molecule has 3 aromatic carbocycles. The number of amides is 1. The maximum absolute atomic E-state index is 13.0. The van der Waals surface area contributed by atoms with Gasteiger partial charge in [-0.25, -0.2) is 9.97 Å². The number of rotatable bonds is 5. The maximum Gasteiger partial charge on any atom is 0.244 e. The van der Waals surface area contributed by atoms with Gasteiger partial charge in [0.1, 0.15) is 17.8 Å². The Bertz CT molecular complexity index is 1440. The monoisotopic (exact) mass is 474 g/mol. The Morgan fingerprint density at radius 1 is 1.03 bits per heavy atom. The summed E-state index contributed by atoms with van der Waals surface area (Å²) in [5.74, 6) is 0.485. The number of carbonyl (C=O) groups is 1. The molecule has 0 aliphatic rings. The second-order valence-corrected chi connectivity index (χ2v) is 8.03. The fourth-order valence-electron chi connectivity index (χ4n) is 3.75. The first-order valence-electron chi connectivity index (χ1n) is 10.00. The van der Waals surface area contributed by atoms with E-state index in [9.17, 15) is 4.79 Å². The summed E-state index contributed by atoms with van der Waals surface area (Å²) in [7, 11) is 0. The van der Waals surface area contributed by atoms with E-state index < -0.39 is 0 Å². The number of hydrogen-bond acceptors (Lipinski definition) is 4. The summed E-state index contributed by atoms with van der Waals surface area (Å²) in [6.07, 6.45) is 0. The van der Waals surface area contributed by atoms with E-state index in [2.05, 4.69) is 21.2 Å². The maximum atomic E-state index is 13.0. The highest BCUT2D eigenvalue weighted by Crippen LogP contribution is 2.31. The lowest BCUT2D eigenvalue weighted by atomic mass is 10.2. The molecule has 5 aromatic rings. The number of nitrogens with zero attached hydrogens (tertiary/aromatic N) is 3. The Kier molecular flexibility index (Phi) is 5.03. The Labute approximate surface area is 187 Å². The molecule has 0 unspecified atom stereocenters. The molecule has 7 heteroatoms. The lowest BCUT2D eigenvalue weighted by Gasteiger charge is -2.12. The third-order valence-electron chi connectivity index (χ3n) is 5.08. The van der Waals surface area contributed by atoms with Crippen molar-refractivity contribution in [1.82, 2.24) is 14.5 Å². The molecule has 1 amide bonds. The number of anilines is 1. The normalized spacial score (nSPS) is 11.3. The van der Waals surface area contributed by atoms with Crippen molar-refractivity contribution in [2.75, 3.05) is 11.9 Å². The van der Waals surface area contributed by atoms with Gasteiger partial charge in [0.15, 0.2) is 5.65 Å². The fraction of sp³-hybridized carbons (Fsp3) is 0.125. The van der Waals surface area contributed by atoms with Crippen LogP contribution in [0.5, 0.6) is 5.75 Å². The van der Waals surface area contributed by atoms with E-state index in [4.69, 9.17) is 14.7 Å². The number of nitrogens with one attached hydrogen (secondary N) is 1. The van der Waals surface area contributed by atoms with Crippen molar-refractivity contribution in [2.24, 2.45) is 0 Å². The standard InChI is InChI=1S/C24H19BrN4O2/c1-2-31-21-10-6-5-9-19(21)26-22(30)14-29-20-12-11-15(25)13-16(20)23-24(29)28-18-8-4-3-7-17(18)27-23/h3-13H,2,14H2,1H3,(H,26,30). The molecule has 6 nitrogen and oxygen atoms in total. The van der Waals surface area contributed by atoms with Crippen molar-refractivity contribution in [2.45, 2.75) is 13.5 Å². The molecule has 0 saturated heterocycles. The number of para-hydroxylation sites is 4. The molecule has 0 aliphatic carbocycles. The molecule has 0 bridgehead atoms. The predicted molar refractivity (Wildman–Crippen MR) is 126 cm³/mol. The molecule has 0 atom stereocenters. The largest absolute Gasteiger partial charge is 0.492 e. The van der Waals surface area contributed by atoms with Crippen LogP contribution in [0.3, 0.4) is 0 Å². The van der Waals surface area contributed by atoms with E-state index in [0.717, 1.165) is 31.9 Å². The number of halogens is 1. The molecule has 0 spiro atoms. The van der Waals surface area contributed by atoms with Crippen molar-refractivity contribution in [3.63, 3.8) is 0 Å². The number of aromatic nitrogens is 3. The second kappa shape index (κ2) is 8.00. The van der Waals surface area contributed by atoms with Gasteiger partial charge < -0.3 is 14.6 Å². The van der Waals surface area contributed by atoms with E-state index in [0.29, 0.717) is 23.7 Å². The first-order valence-corrected chi connectivity index (χ1v) is 10.8. The van der Waals surface area contributed by atoms with Crippen LogP contribution in [-0.4, -0.2) is 27.0 Å². The summed E-state index contributed by atoms with van der Waals surface area (Å²) in [4.78, 5) is 22.7. The van der Waals surface area contributed by atoms with E-state index in [-0.39, 0.29) is 12.5 Å². The molecule has 0 saturated carbocycles. The van der Waals surface area contributed by atoms with Crippen molar-refractivity contribution >= 4 is 60.6 Å². The number of fused-ring (bicyclic) bond motifs is 4. The van der Waals surface area contributed by atoms with Crippen LogP contribution in [0.1, 0.15) is 6.92 Å². The molecule has 5 rings (SSSR count). The summed E-state index contributed by atoms with van der Waals surface area (Å²) < 4.78 is 8.49. The zero-order chi connectivity index (χ0) is 21.4. The van der Waals surface area contributed by atoms with E-state index >= 15 is 0 Å². The number of carbonyl (C=O) groups excluding carboxylic acids is 1. The van der Waals surface area contributed by atoms with E-state index in [1.807, 2.05) is 78.2 Å². The molecule has 0 aliphatic heterocycles. The van der Waals surface area contributed by atoms with Gasteiger partial charge in [-0.3, -0.25) is 4.79 Å². The first kappa shape index (κ1) is 19.5. The molecular formula is C24H19BrN4O2. The Balaban J connectivity index is 1.60. The molecule has 1 N–H and O–H groups in total. The third-order valence-corrected chi connectivity index (χ3v) is 5.57. The van der Waals surface area contributed by atoms with Crippen LogP contribution in [0.4, 0.5) is 5.69 Å². The molecule has 2 heterocycles. The van der Waals surface area contributed by atoms with Crippen LogP contribution < -0.4 is 10.1 Å². The topological polar surface area (TPSA) is 69.0 Å². The van der Waals surface area contributed by atoms with Crippen molar-refractivity contribution in [3.05, 3.63) is 71.2 Å². The molecule has 154 valence electrons. The SMILES string of the molecule is CCOc1ccccc1NC(=O)Cn1c2ccc(Br)cc2c2nc3ccccc3nc21. The molecule has 0 radical (unpaired) electrons. The van der Waals surface area contributed by atoms with E-state index in [1.165, 1.54) is 0 Å². The third kappa shape index (κ3) is 3.61. The number of ether oxygens (including phenoxy) is 1. The lowest BCUT2D eigenvalue weighted by molar-refractivity contribution is -0.116. The number of hydrogen-bond donors (Lipinski definition) is 1. The van der Waals surface area contributed by atoms with Crippen LogP contribution in [0.2, 0.25) is 0 Å². The fourth-order valence-corrected chi connectivity index (χ4v) is 4.11. The van der Waals surface area contributed by atoms with Crippen LogP contribution in [0.15, 0.2) is 71.2 Å². The average molecular weight is 475 g/mol. The minimum Gasteiger partial charge on any atom is -0.492 e. The van der Waals surface area contributed by atoms with Gasteiger partial charge in [0, 0.05) is 9.86 Å². The minimum atomic E-state index is -0.163. The van der Waals surface area contributed by atoms with E-state index in [1.54, 1.807) is 0 Å².